The first-order chi connectivity index (χ1) is 11.9. The second-order valence-electron chi connectivity index (χ2n) is 5.68. The Morgan fingerprint density at radius 2 is 2.16 bits per heavy atom. The second kappa shape index (κ2) is 7.01. The maximum atomic E-state index is 12.5. The van der Waals surface area contributed by atoms with Crippen molar-refractivity contribution in [1.82, 2.24) is 15.1 Å². The Morgan fingerprint density at radius 3 is 2.80 bits per heavy atom. The van der Waals surface area contributed by atoms with Gasteiger partial charge in [-0.1, -0.05) is 23.8 Å². The molecule has 132 valence electrons. The standard InChI is InChI=1S/C16H19N5O2S2/c1-5-10(14(22)18-11-6-7(2)23-21-11)25-16-19-13(17)12-8(3)9(4)24-15(12)20-16/h6,10H,5H2,1-4H3,(H2,17,19,20)(H,18,21,22). The summed E-state index contributed by atoms with van der Waals surface area (Å²) in [7, 11) is 0. The van der Waals surface area contributed by atoms with Crippen LogP contribution in [0.4, 0.5) is 11.6 Å². The van der Waals surface area contributed by atoms with E-state index in [1.807, 2.05) is 20.8 Å². The fourth-order valence-electron chi connectivity index (χ4n) is 2.39. The van der Waals surface area contributed by atoms with Gasteiger partial charge in [0.2, 0.25) is 5.91 Å². The third-order valence-corrected chi connectivity index (χ3v) is 6.15. The summed E-state index contributed by atoms with van der Waals surface area (Å²) in [5.74, 6) is 1.33. The van der Waals surface area contributed by atoms with Gasteiger partial charge >= 0.3 is 0 Å². The van der Waals surface area contributed by atoms with Crippen molar-refractivity contribution in [3.05, 3.63) is 22.3 Å². The molecule has 1 unspecified atom stereocenters. The summed E-state index contributed by atoms with van der Waals surface area (Å²) < 4.78 is 4.96. The van der Waals surface area contributed by atoms with Gasteiger partial charge in [0.25, 0.3) is 0 Å². The number of nitrogens with zero attached hydrogens (tertiary/aromatic N) is 3. The van der Waals surface area contributed by atoms with E-state index in [0.717, 1.165) is 15.8 Å². The monoisotopic (exact) mass is 377 g/mol. The predicted molar refractivity (Wildman–Crippen MR) is 101 cm³/mol. The largest absolute Gasteiger partial charge is 0.383 e. The van der Waals surface area contributed by atoms with Gasteiger partial charge in [0.15, 0.2) is 11.0 Å². The zero-order valence-corrected chi connectivity index (χ0v) is 16.0. The van der Waals surface area contributed by atoms with E-state index in [2.05, 4.69) is 20.4 Å². The van der Waals surface area contributed by atoms with E-state index in [9.17, 15) is 4.79 Å². The number of aryl methyl sites for hydroxylation is 3. The van der Waals surface area contributed by atoms with Gasteiger partial charge in [0.05, 0.1) is 10.6 Å². The van der Waals surface area contributed by atoms with Crippen LogP contribution < -0.4 is 11.1 Å². The number of carbonyl (C=O) groups excluding carboxylic acids is 1. The molecule has 0 bridgehead atoms. The lowest BCUT2D eigenvalue weighted by Crippen LogP contribution is -2.25. The van der Waals surface area contributed by atoms with Gasteiger partial charge in [-0.15, -0.1) is 11.3 Å². The number of aromatic nitrogens is 3. The van der Waals surface area contributed by atoms with E-state index in [4.69, 9.17) is 10.3 Å². The fraction of sp³-hybridized carbons (Fsp3) is 0.375. The molecule has 1 atom stereocenters. The van der Waals surface area contributed by atoms with E-state index in [1.165, 1.54) is 16.6 Å². The average Bonchev–Trinajstić information content (AvgIpc) is 3.08. The molecule has 0 aromatic carbocycles. The number of thioether (sulfide) groups is 1. The Hall–Kier alpha value is -2.13. The Morgan fingerprint density at radius 1 is 1.40 bits per heavy atom. The molecule has 3 rings (SSSR count). The highest BCUT2D eigenvalue weighted by Crippen LogP contribution is 2.34. The van der Waals surface area contributed by atoms with E-state index in [0.29, 0.717) is 29.0 Å². The highest BCUT2D eigenvalue weighted by atomic mass is 32.2. The topological polar surface area (TPSA) is 107 Å². The van der Waals surface area contributed by atoms with Crippen LogP contribution in [-0.2, 0) is 4.79 Å². The van der Waals surface area contributed by atoms with Crippen LogP contribution in [0.3, 0.4) is 0 Å². The minimum Gasteiger partial charge on any atom is -0.383 e. The number of thiophene rings is 1. The number of nitrogens with one attached hydrogen (secondary N) is 1. The van der Waals surface area contributed by atoms with Crippen LogP contribution in [0, 0.1) is 20.8 Å². The summed E-state index contributed by atoms with van der Waals surface area (Å²) in [6.07, 6.45) is 0.622. The molecule has 0 fully saturated rings. The van der Waals surface area contributed by atoms with Crippen LogP contribution in [0.2, 0.25) is 0 Å². The van der Waals surface area contributed by atoms with Crippen LogP contribution in [0.15, 0.2) is 15.7 Å². The number of anilines is 2. The van der Waals surface area contributed by atoms with Crippen molar-refractivity contribution in [3.63, 3.8) is 0 Å². The summed E-state index contributed by atoms with van der Waals surface area (Å²) in [6.45, 7) is 7.76. The van der Waals surface area contributed by atoms with E-state index in [-0.39, 0.29) is 11.2 Å². The summed E-state index contributed by atoms with van der Waals surface area (Å²) in [5.41, 5.74) is 7.22. The van der Waals surface area contributed by atoms with Crippen LogP contribution in [0.25, 0.3) is 10.2 Å². The summed E-state index contributed by atoms with van der Waals surface area (Å²) in [5, 5.41) is 7.59. The number of hydrogen-bond acceptors (Lipinski definition) is 8. The minimum absolute atomic E-state index is 0.165. The maximum absolute atomic E-state index is 12.5. The first kappa shape index (κ1) is 17.7. The van der Waals surface area contributed by atoms with Gasteiger partial charge in [0.1, 0.15) is 16.4 Å². The van der Waals surface area contributed by atoms with Gasteiger partial charge in [-0.25, -0.2) is 9.97 Å². The summed E-state index contributed by atoms with van der Waals surface area (Å²) >= 11 is 2.89. The minimum atomic E-state index is -0.351. The Kier molecular flexibility index (Phi) is 4.96. The lowest BCUT2D eigenvalue weighted by atomic mass is 10.2. The molecule has 0 radical (unpaired) electrons. The van der Waals surface area contributed by atoms with Crippen LogP contribution in [0.1, 0.15) is 29.5 Å². The zero-order valence-electron chi connectivity index (χ0n) is 14.4. The quantitative estimate of drug-likeness (QED) is 0.516. The molecule has 3 aromatic rings. The normalized spacial score (nSPS) is 12.5. The molecular formula is C16H19N5O2S2. The number of nitrogens with two attached hydrogens (primary N) is 1. The predicted octanol–water partition coefficient (Wildman–Crippen LogP) is 3.70. The molecule has 0 saturated heterocycles. The van der Waals surface area contributed by atoms with Gasteiger partial charge in [-0.2, -0.15) is 0 Å². The zero-order chi connectivity index (χ0) is 18.1. The third-order valence-electron chi connectivity index (χ3n) is 3.83. The molecule has 3 N–H and O–H groups in total. The number of rotatable bonds is 5. The number of nitrogen functional groups attached to an aromatic ring is 1. The molecule has 0 aliphatic rings. The number of fused-ring (bicyclic) bond motifs is 1. The van der Waals surface area contributed by atoms with Crippen molar-refractivity contribution in [1.29, 1.82) is 0 Å². The van der Waals surface area contributed by atoms with Crippen molar-refractivity contribution in [2.45, 2.75) is 44.5 Å². The molecule has 0 aliphatic carbocycles. The lowest BCUT2D eigenvalue weighted by Gasteiger charge is -2.12. The van der Waals surface area contributed by atoms with Crippen LogP contribution in [0.5, 0.6) is 0 Å². The summed E-state index contributed by atoms with van der Waals surface area (Å²) in [6, 6.07) is 1.67. The molecule has 3 aromatic heterocycles. The first-order valence-corrected chi connectivity index (χ1v) is 9.52. The van der Waals surface area contributed by atoms with Crippen LogP contribution in [-0.4, -0.2) is 26.3 Å². The van der Waals surface area contributed by atoms with Crippen LogP contribution >= 0.6 is 23.1 Å². The highest BCUT2D eigenvalue weighted by Gasteiger charge is 2.22. The molecule has 0 spiro atoms. The SMILES string of the molecule is CCC(Sc1nc(N)c2c(C)c(C)sc2n1)C(=O)Nc1cc(C)on1. The van der Waals surface area contributed by atoms with Crippen molar-refractivity contribution in [2.75, 3.05) is 11.1 Å². The van der Waals surface area contributed by atoms with E-state index in [1.54, 1.807) is 24.3 Å². The molecule has 1 amide bonds. The van der Waals surface area contributed by atoms with Crippen molar-refractivity contribution < 1.29 is 9.32 Å². The molecular weight excluding hydrogens is 358 g/mol. The van der Waals surface area contributed by atoms with Gasteiger partial charge in [-0.3, -0.25) is 4.79 Å². The highest BCUT2D eigenvalue weighted by molar-refractivity contribution is 8.00. The Bertz CT molecular complexity index is 934. The average molecular weight is 377 g/mol. The van der Waals surface area contributed by atoms with E-state index >= 15 is 0 Å². The molecule has 7 nitrogen and oxygen atoms in total. The van der Waals surface area contributed by atoms with Crippen molar-refractivity contribution in [2.24, 2.45) is 0 Å². The molecule has 25 heavy (non-hydrogen) atoms. The molecule has 9 heteroatoms. The van der Waals surface area contributed by atoms with Crippen molar-refractivity contribution in [3.8, 4) is 0 Å². The number of hydrogen-bond donors (Lipinski definition) is 2. The second-order valence-corrected chi connectivity index (χ2v) is 8.05. The lowest BCUT2D eigenvalue weighted by molar-refractivity contribution is -0.115. The van der Waals surface area contributed by atoms with E-state index < -0.39 is 0 Å². The molecule has 3 heterocycles. The Labute approximate surface area is 153 Å². The summed E-state index contributed by atoms with van der Waals surface area (Å²) in [4.78, 5) is 23.4. The Balaban J connectivity index is 1.81. The molecule has 0 saturated carbocycles. The van der Waals surface area contributed by atoms with Gasteiger partial charge < -0.3 is 15.6 Å². The smallest absolute Gasteiger partial charge is 0.239 e. The van der Waals surface area contributed by atoms with Crippen molar-refractivity contribution >= 4 is 50.9 Å². The fourth-order valence-corrected chi connectivity index (χ4v) is 4.37. The van der Waals surface area contributed by atoms with Gasteiger partial charge in [-0.05, 0) is 32.8 Å². The first-order valence-electron chi connectivity index (χ1n) is 7.83. The maximum Gasteiger partial charge on any atom is 0.239 e. The van der Waals surface area contributed by atoms with Gasteiger partial charge in [0, 0.05) is 10.9 Å². The number of carbonyl (C=O) groups is 1. The number of amides is 1. The third kappa shape index (κ3) is 3.62. The molecule has 0 aliphatic heterocycles.